The zero-order valence-electron chi connectivity index (χ0n) is 18.7. The van der Waals surface area contributed by atoms with E-state index in [4.69, 9.17) is 15.2 Å². The number of carbonyl (C=O) groups is 2. The lowest BCUT2D eigenvalue weighted by molar-refractivity contribution is -0.161. The number of aliphatic hydroxyl groups excluding tert-OH is 1. The summed E-state index contributed by atoms with van der Waals surface area (Å²) in [5.74, 6) is -0.493. The molecule has 1 aliphatic heterocycles. The zero-order valence-corrected chi connectivity index (χ0v) is 18.7. The predicted molar refractivity (Wildman–Crippen MR) is 122 cm³/mol. The SMILES string of the molecule is CCC[C@@]1(CCc2ccccc2)CC(O)=C([C@H](CC)c2cccc(OC(N)=O)c2)C(=O)O1. The number of hydrogen-bond acceptors (Lipinski definition) is 5. The van der Waals surface area contributed by atoms with Crippen molar-refractivity contribution in [2.24, 2.45) is 5.73 Å². The van der Waals surface area contributed by atoms with Gasteiger partial charge in [0.05, 0.1) is 5.57 Å². The molecule has 0 aliphatic carbocycles. The fraction of sp³-hybridized carbons (Fsp3) is 0.385. The van der Waals surface area contributed by atoms with Gasteiger partial charge in [0.25, 0.3) is 0 Å². The van der Waals surface area contributed by atoms with Crippen LogP contribution in [0.4, 0.5) is 4.79 Å². The summed E-state index contributed by atoms with van der Waals surface area (Å²) in [6, 6.07) is 16.9. The van der Waals surface area contributed by atoms with E-state index in [2.05, 4.69) is 12.1 Å². The molecule has 0 fully saturated rings. The van der Waals surface area contributed by atoms with Crippen molar-refractivity contribution in [3.8, 4) is 5.75 Å². The van der Waals surface area contributed by atoms with Gasteiger partial charge in [-0.1, -0.05) is 62.7 Å². The molecular formula is C26H31NO5. The summed E-state index contributed by atoms with van der Waals surface area (Å²) in [7, 11) is 0. The quantitative estimate of drug-likeness (QED) is 0.500. The van der Waals surface area contributed by atoms with Crippen LogP contribution >= 0.6 is 0 Å². The highest BCUT2D eigenvalue weighted by atomic mass is 16.6. The lowest BCUT2D eigenvalue weighted by atomic mass is 9.80. The van der Waals surface area contributed by atoms with Gasteiger partial charge in [-0.05, 0) is 48.9 Å². The average molecular weight is 438 g/mol. The number of aryl methyl sites for hydroxylation is 1. The molecule has 0 unspecified atom stereocenters. The molecular weight excluding hydrogens is 406 g/mol. The van der Waals surface area contributed by atoms with Crippen LogP contribution in [0.1, 0.15) is 63.0 Å². The van der Waals surface area contributed by atoms with Crippen LogP contribution in [0.2, 0.25) is 0 Å². The second-order valence-electron chi connectivity index (χ2n) is 8.30. The molecule has 1 aliphatic rings. The van der Waals surface area contributed by atoms with Gasteiger partial charge in [-0.25, -0.2) is 9.59 Å². The molecule has 2 aromatic rings. The minimum atomic E-state index is -0.905. The largest absolute Gasteiger partial charge is 0.512 e. The molecule has 0 saturated heterocycles. The first kappa shape index (κ1) is 23.4. The molecule has 3 N–H and O–H groups in total. The van der Waals surface area contributed by atoms with Crippen molar-refractivity contribution in [3.05, 3.63) is 77.1 Å². The van der Waals surface area contributed by atoms with Crippen molar-refractivity contribution < 1.29 is 24.2 Å². The summed E-state index contributed by atoms with van der Waals surface area (Å²) in [4.78, 5) is 24.3. The van der Waals surface area contributed by atoms with Crippen molar-refractivity contribution in [2.75, 3.05) is 0 Å². The van der Waals surface area contributed by atoms with Gasteiger partial charge in [0, 0.05) is 12.3 Å². The Morgan fingerprint density at radius 1 is 1.16 bits per heavy atom. The van der Waals surface area contributed by atoms with Crippen LogP contribution < -0.4 is 10.5 Å². The smallest absolute Gasteiger partial charge is 0.409 e. The molecule has 1 amide bonds. The minimum Gasteiger partial charge on any atom is -0.512 e. The summed E-state index contributed by atoms with van der Waals surface area (Å²) >= 11 is 0. The fourth-order valence-electron chi connectivity index (χ4n) is 4.54. The molecule has 2 atom stereocenters. The maximum atomic E-state index is 13.2. The summed E-state index contributed by atoms with van der Waals surface area (Å²) in [5.41, 5.74) is 6.59. The standard InChI is InChI=1S/C26H31NO5/c1-3-14-26(15-13-18-9-6-5-7-10-18)17-22(28)23(24(29)32-26)21(4-2)19-11-8-12-20(16-19)31-25(27)30/h5-12,16,21,28H,3-4,13-15,17H2,1-2H3,(H2,27,30)/t21-,26-/m1/s1. The van der Waals surface area contributed by atoms with Gasteiger partial charge in [0.1, 0.15) is 17.1 Å². The van der Waals surface area contributed by atoms with Crippen molar-refractivity contribution in [1.29, 1.82) is 0 Å². The van der Waals surface area contributed by atoms with E-state index in [1.165, 1.54) is 5.56 Å². The van der Waals surface area contributed by atoms with E-state index >= 15 is 0 Å². The predicted octanol–water partition coefficient (Wildman–Crippen LogP) is 5.57. The highest BCUT2D eigenvalue weighted by molar-refractivity contribution is 5.92. The van der Waals surface area contributed by atoms with Gasteiger partial charge >= 0.3 is 12.1 Å². The summed E-state index contributed by atoms with van der Waals surface area (Å²) in [6.07, 6.45) is 2.89. The Hall–Kier alpha value is -3.28. The number of cyclic esters (lactones) is 1. The number of amides is 1. The molecule has 170 valence electrons. The van der Waals surface area contributed by atoms with E-state index in [9.17, 15) is 14.7 Å². The molecule has 2 aromatic carbocycles. The first-order valence-corrected chi connectivity index (χ1v) is 11.1. The van der Waals surface area contributed by atoms with E-state index in [0.29, 0.717) is 31.4 Å². The molecule has 6 heteroatoms. The number of ether oxygens (including phenoxy) is 2. The van der Waals surface area contributed by atoms with Crippen LogP contribution in [-0.2, 0) is 16.0 Å². The van der Waals surface area contributed by atoms with Crippen LogP contribution in [0.5, 0.6) is 5.75 Å². The third kappa shape index (κ3) is 5.49. The number of primary amides is 1. The molecule has 1 heterocycles. The number of nitrogens with two attached hydrogens (primary N) is 1. The lowest BCUT2D eigenvalue weighted by Gasteiger charge is -2.38. The molecule has 0 radical (unpaired) electrons. The van der Waals surface area contributed by atoms with E-state index < -0.39 is 17.7 Å². The van der Waals surface area contributed by atoms with Crippen LogP contribution in [0, 0.1) is 0 Å². The number of hydrogen-bond donors (Lipinski definition) is 2. The van der Waals surface area contributed by atoms with Gasteiger partial charge in [-0.3, -0.25) is 0 Å². The summed E-state index contributed by atoms with van der Waals surface area (Å²) in [5, 5.41) is 11.0. The van der Waals surface area contributed by atoms with E-state index in [0.717, 1.165) is 18.4 Å². The first-order chi connectivity index (χ1) is 15.4. The Morgan fingerprint density at radius 2 is 1.91 bits per heavy atom. The fourth-order valence-corrected chi connectivity index (χ4v) is 4.54. The molecule has 0 spiro atoms. The van der Waals surface area contributed by atoms with Gasteiger partial charge in [-0.15, -0.1) is 0 Å². The number of aliphatic hydroxyl groups is 1. The molecule has 0 saturated carbocycles. The Morgan fingerprint density at radius 3 is 2.53 bits per heavy atom. The van der Waals surface area contributed by atoms with Gasteiger partial charge in [0.15, 0.2) is 0 Å². The maximum Gasteiger partial charge on any atom is 0.409 e. The van der Waals surface area contributed by atoms with E-state index in [1.54, 1.807) is 18.2 Å². The van der Waals surface area contributed by atoms with Crippen LogP contribution in [0.15, 0.2) is 65.9 Å². The third-order valence-electron chi connectivity index (χ3n) is 5.98. The third-order valence-corrected chi connectivity index (χ3v) is 5.98. The second kappa shape index (κ2) is 10.4. The normalized spacial score (nSPS) is 19.4. The highest BCUT2D eigenvalue weighted by Gasteiger charge is 2.43. The zero-order chi connectivity index (χ0) is 23.1. The topological polar surface area (TPSA) is 98.9 Å². The summed E-state index contributed by atoms with van der Waals surface area (Å²) < 4.78 is 11.0. The molecule has 3 rings (SSSR count). The Kier molecular flexibility index (Phi) is 7.57. The average Bonchev–Trinajstić information content (AvgIpc) is 2.75. The van der Waals surface area contributed by atoms with Crippen molar-refractivity contribution >= 4 is 12.1 Å². The van der Waals surface area contributed by atoms with Crippen molar-refractivity contribution in [3.63, 3.8) is 0 Å². The Labute approximate surface area is 189 Å². The van der Waals surface area contributed by atoms with Gasteiger partial charge < -0.3 is 20.3 Å². The monoisotopic (exact) mass is 437 g/mol. The number of benzene rings is 2. The second-order valence-corrected chi connectivity index (χ2v) is 8.30. The molecule has 0 aromatic heterocycles. The maximum absolute atomic E-state index is 13.2. The minimum absolute atomic E-state index is 0.0795. The number of carbonyl (C=O) groups excluding carboxylic acids is 2. The van der Waals surface area contributed by atoms with Gasteiger partial charge in [-0.2, -0.15) is 0 Å². The van der Waals surface area contributed by atoms with Gasteiger partial charge in [0.2, 0.25) is 0 Å². The highest BCUT2D eigenvalue weighted by Crippen LogP contribution is 2.42. The number of rotatable bonds is 9. The Balaban J connectivity index is 1.87. The lowest BCUT2D eigenvalue weighted by Crippen LogP contribution is -2.41. The van der Waals surface area contributed by atoms with Crippen LogP contribution in [-0.4, -0.2) is 22.8 Å². The molecule has 6 nitrogen and oxygen atoms in total. The van der Waals surface area contributed by atoms with Crippen molar-refractivity contribution in [2.45, 2.75) is 63.9 Å². The van der Waals surface area contributed by atoms with Crippen molar-refractivity contribution in [1.82, 2.24) is 0 Å². The molecule has 32 heavy (non-hydrogen) atoms. The van der Waals surface area contributed by atoms with Crippen LogP contribution in [0.25, 0.3) is 0 Å². The number of esters is 1. The van der Waals surface area contributed by atoms with E-state index in [-0.39, 0.29) is 17.3 Å². The first-order valence-electron chi connectivity index (χ1n) is 11.1. The Bertz CT molecular complexity index is 985. The van der Waals surface area contributed by atoms with E-state index in [1.807, 2.05) is 38.1 Å². The summed E-state index contributed by atoms with van der Waals surface area (Å²) in [6.45, 7) is 3.98. The van der Waals surface area contributed by atoms with Crippen LogP contribution in [0.3, 0.4) is 0 Å². The molecule has 0 bridgehead atoms.